The Morgan fingerprint density at radius 2 is 1.76 bits per heavy atom. The molecule has 4 nitrogen and oxygen atoms in total. The van der Waals surface area contributed by atoms with Gasteiger partial charge in [-0.15, -0.1) is 10.2 Å². The van der Waals surface area contributed by atoms with Gasteiger partial charge >= 0.3 is 0 Å². The van der Waals surface area contributed by atoms with E-state index in [4.69, 9.17) is 21.1 Å². The molecule has 0 radical (unpaired) electrons. The van der Waals surface area contributed by atoms with Gasteiger partial charge in [0.1, 0.15) is 18.1 Å². The summed E-state index contributed by atoms with van der Waals surface area (Å²) in [6.07, 6.45) is 0. The maximum atomic E-state index is 5.67. The third kappa shape index (κ3) is 3.57. The van der Waals surface area contributed by atoms with Crippen LogP contribution in [0.25, 0.3) is 0 Å². The first kappa shape index (κ1) is 12.1. The van der Waals surface area contributed by atoms with Gasteiger partial charge in [0, 0.05) is 0 Å². The molecule has 17 heavy (non-hydrogen) atoms. The van der Waals surface area contributed by atoms with E-state index < -0.39 is 0 Å². The molecule has 0 N–H and O–H groups in total. The van der Waals surface area contributed by atoms with Crippen molar-refractivity contribution in [1.82, 2.24) is 10.2 Å². The van der Waals surface area contributed by atoms with Crippen LogP contribution in [0.4, 0.5) is 0 Å². The number of aromatic nitrogens is 2. The van der Waals surface area contributed by atoms with E-state index in [-0.39, 0.29) is 0 Å². The fourth-order valence-corrected chi connectivity index (χ4v) is 2.02. The molecule has 1 aromatic heterocycles. The highest BCUT2D eigenvalue weighted by molar-refractivity contribution is 7.15. The van der Waals surface area contributed by atoms with Gasteiger partial charge in [0.2, 0.25) is 4.47 Å². The highest BCUT2D eigenvalue weighted by Crippen LogP contribution is 2.20. The smallest absolute Gasteiger partial charge is 0.207 e. The van der Waals surface area contributed by atoms with Crippen LogP contribution in [0.1, 0.15) is 11.9 Å². The second-order valence-corrected chi connectivity index (χ2v) is 4.79. The van der Waals surface area contributed by atoms with Crippen molar-refractivity contribution in [3.63, 3.8) is 0 Å². The summed E-state index contributed by atoms with van der Waals surface area (Å²) >= 11 is 6.98. The Bertz CT molecular complexity index is 473. The van der Waals surface area contributed by atoms with Gasteiger partial charge in [0.05, 0.1) is 6.61 Å². The lowest BCUT2D eigenvalue weighted by Gasteiger charge is -2.05. The third-order valence-electron chi connectivity index (χ3n) is 1.94. The van der Waals surface area contributed by atoms with E-state index in [9.17, 15) is 0 Å². The van der Waals surface area contributed by atoms with Crippen molar-refractivity contribution in [3.8, 4) is 11.5 Å². The molecule has 0 bridgehead atoms. The molecule has 0 unspecified atom stereocenters. The maximum Gasteiger partial charge on any atom is 0.207 e. The van der Waals surface area contributed by atoms with E-state index in [0.29, 0.717) is 17.7 Å². The summed E-state index contributed by atoms with van der Waals surface area (Å²) in [5.41, 5.74) is 0. The van der Waals surface area contributed by atoms with E-state index in [1.165, 1.54) is 11.3 Å². The quantitative estimate of drug-likeness (QED) is 0.837. The summed E-state index contributed by atoms with van der Waals surface area (Å²) in [5.74, 6) is 1.60. The molecular weight excluding hydrogens is 260 g/mol. The van der Waals surface area contributed by atoms with Gasteiger partial charge in [-0.1, -0.05) is 11.3 Å². The number of nitrogens with zero attached hydrogens (tertiary/aromatic N) is 2. The van der Waals surface area contributed by atoms with Crippen LogP contribution in [0.2, 0.25) is 4.47 Å². The molecule has 2 aromatic rings. The monoisotopic (exact) mass is 270 g/mol. The lowest BCUT2D eigenvalue weighted by atomic mass is 10.3. The predicted octanol–water partition coefficient (Wildman–Crippen LogP) is 3.17. The minimum atomic E-state index is 0.373. The molecule has 0 aliphatic carbocycles. The van der Waals surface area contributed by atoms with Crippen LogP contribution in [0.15, 0.2) is 24.3 Å². The van der Waals surface area contributed by atoms with E-state index >= 15 is 0 Å². The van der Waals surface area contributed by atoms with E-state index in [1.54, 1.807) is 0 Å². The first-order chi connectivity index (χ1) is 8.28. The largest absolute Gasteiger partial charge is 0.494 e. The molecule has 2 rings (SSSR count). The summed E-state index contributed by atoms with van der Waals surface area (Å²) in [6.45, 7) is 2.98. The average Bonchev–Trinajstić information content (AvgIpc) is 2.75. The molecule has 0 saturated heterocycles. The number of hydrogen-bond acceptors (Lipinski definition) is 5. The molecule has 1 heterocycles. The second kappa shape index (κ2) is 5.84. The standard InChI is InChI=1S/C11H11ClN2O2S/c1-2-15-8-3-5-9(6-4-8)16-7-10-13-14-11(12)17-10/h3-6H,2,7H2,1H3. The van der Waals surface area contributed by atoms with E-state index in [0.717, 1.165) is 16.5 Å². The zero-order valence-corrected chi connectivity index (χ0v) is 10.8. The molecule has 0 fully saturated rings. The van der Waals surface area contributed by atoms with Crippen LogP contribution in [-0.2, 0) is 6.61 Å². The van der Waals surface area contributed by atoms with Gasteiger partial charge in [-0.05, 0) is 42.8 Å². The van der Waals surface area contributed by atoms with Gasteiger partial charge in [0.25, 0.3) is 0 Å². The lowest BCUT2D eigenvalue weighted by molar-refractivity contribution is 0.302. The number of ether oxygens (including phenoxy) is 2. The van der Waals surface area contributed by atoms with Crippen LogP contribution in [0, 0.1) is 0 Å². The summed E-state index contributed by atoms with van der Waals surface area (Å²) in [4.78, 5) is 0. The molecule has 1 aromatic carbocycles. The van der Waals surface area contributed by atoms with Gasteiger partial charge in [0.15, 0.2) is 5.01 Å². The maximum absolute atomic E-state index is 5.67. The number of benzene rings is 1. The van der Waals surface area contributed by atoms with Crippen molar-refractivity contribution in [2.24, 2.45) is 0 Å². The molecule has 0 aliphatic heterocycles. The normalized spacial score (nSPS) is 10.2. The first-order valence-electron chi connectivity index (χ1n) is 5.11. The fraction of sp³-hybridized carbons (Fsp3) is 0.273. The number of rotatable bonds is 5. The Morgan fingerprint density at radius 1 is 1.12 bits per heavy atom. The molecular formula is C11H11ClN2O2S. The number of hydrogen-bond donors (Lipinski definition) is 0. The lowest BCUT2D eigenvalue weighted by Crippen LogP contribution is -1.95. The van der Waals surface area contributed by atoms with Crippen LogP contribution in [-0.4, -0.2) is 16.8 Å². The minimum absolute atomic E-state index is 0.373. The van der Waals surface area contributed by atoms with Crippen molar-refractivity contribution in [3.05, 3.63) is 33.7 Å². The van der Waals surface area contributed by atoms with Crippen molar-refractivity contribution in [2.75, 3.05) is 6.61 Å². The highest BCUT2D eigenvalue weighted by atomic mass is 35.5. The predicted molar refractivity (Wildman–Crippen MR) is 66.9 cm³/mol. The molecule has 0 aliphatic rings. The average molecular weight is 271 g/mol. The van der Waals surface area contributed by atoms with Gasteiger partial charge in [-0.3, -0.25) is 0 Å². The third-order valence-corrected chi connectivity index (χ3v) is 2.93. The first-order valence-corrected chi connectivity index (χ1v) is 6.31. The Kier molecular flexibility index (Phi) is 4.17. The van der Waals surface area contributed by atoms with Crippen LogP contribution < -0.4 is 9.47 Å². The topological polar surface area (TPSA) is 44.2 Å². The van der Waals surface area contributed by atoms with E-state index in [2.05, 4.69) is 10.2 Å². The molecule has 6 heteroatoms. The Morgan fingerprint density at radius 3 is 2.29 bits per heavy atom. The van der Waals surface area contributed by atoms with Gasteiger partial charge in [-0.2, -0.15) is 0 Å². The van der Waals surface area contributed by atoms with Crippen LogP contribution in [0.5, 0.6) is 11.5 Å². The summed E-state index contributed by atoms with van der Waals surface area (Å²) in [6, 6.07) is 7.44. The van der Waals surface area contributed by atoms with Gasteiger partial charge in [-0.25, -0.2) is 0 Å². The van der Waals surface area contributed by atoms with Crippen molar-refractivity contribution in [1.29, 1.82) is 0 Å². The minimum Gasteiger partial charge on any atom is -0.494 e. The summed E-state index contributed by atoms with van der Waals surface area (Å²) in [5, 5.41) is 8.32. The number of halogens is 1. The van der Waals surface area contributed by atoms with E-state index in [1.807, 2.05) is 31.2 Å². The van der Waals surface area contributed by atoms with Crippen molar-refractivity contribution in [2.45, 2.75) is 13.5 Å². The molecule has 0 amide bonds. The van der Waals surface area contributed by atoms with Gasteiger partial charge < -0.3 is 9.47 Å². The molecule has 0 atom stereocenters. The summed E-state index contributed by atoms with van der Waals surface area (Å²) < 4.78 is 11.3. The SMILES string of the molecule is CCOc1ccc(OCc2nnc(Cl)s2)cc1. The second-order valence-electron chi connectivity index (χ2n) is 3.14. The highest BCUT2D eigenvalue weighted by Gasteiger charge is 2.02. The molecule has 0 spiro atoms. The van der Waals surface area contributed by atoms with Crippen LogP contribution >= 0.6 is 22.9 Å². The van der Waals surface area contributed by atoms with Crippen molar-refractivity contribution >= 4 is 22.9 Å². The molecule has 90 valence electrons. The van der Waals surface area contributed by atoms with Crippen molar-refractivity contribution < 1.29 is 9.47 Å². The Labute approximate surface area is 108 Å². The zero-order chi connectivity index (χ0) is 12.1. The van der Waals surface area contributed by atoms with Crippen LogP contribution in [0.3, 0.4) is 0 Å². The zero-order valence-electron chi connectivity index (χ0n) is 9.22. The summed E-state index contributed by atoms with van der Waals surface area (Å²) in [7, 11) is 0. The Balaban J connectivity index is 1.90. The Hall–Kier alpha value is -1.33. The fourth-order valence-electron chi connectivity index (χ4n) is 1.24. The molecule has 0 saturated carbocycles.